The molecular weight excluding hydrogens is 472 g/mol. The molecule has 1 fully saturated rings. The number of nitrogens with zero attached hydrogens (tertiary/aromatic N) is 3. The largest absolute Gasteiger partial charge is 0.497 e. The van der Waals surface area contributed by atoms with Crippen LogP contribution in [0.4, 0.5) is 5.82 Å². The van der Waals surface area contributed by atoms with Crippen molar-refractivity contribution >= 4 is 51.7 Å². The molecule has 10 heteroatoms. The quantitative estimate of drug-likeness (QED) is 0.275. The number of pyridine rings is 1. The van der Waals surface area contributed by atoms with Gasteiger partial charge in [-0.3, -0.25) is 18.9 Å². The average molecular weight is 497 g/mol. The number of carbonyl (C=O) groups is 1. The molecule has 0 radical (unpaired) electrons. The minimum absolute atomic E-state index is 0.219. The summed E-state index contributed by atoms with van der Waals surface area (Å²) in [6.45, 7) is 1.36. The third-order valence-corrected chi connectivity index (χ3v) is 6.68. The van der Waals surface area contributed by atoms with Crippen LogP contribution in [0.25, 0.3) is 11.7 Å². The average Bonchev–Trinajstić information content (AvgIpc) is 3.12. The molecule has 8 nitrogen and oxygen atoms in total. The minimum atomic E-state index is -0.269. The van der Waals surface area contributed by atoms with Gasteiger partial charge in [0.15, 0.2) is 0 Å². The number of fused-ring (bicyclic) bond motifs is 1. The Balaban J connectivity index is 1.60. The number of benzene rings is 1. The van der Waals surface area contributed by atoms with E-state index in [0.717, 1.165) is 11.3 Å². The maximum atomic E-state index is 13.2. The zero-order valence-corrected chi connectivity index (χ0v) is 20.4. The summed E-state index contributed by atoms with van der Waals surface area (Å²) in [6.07, 6.45) is 3.88. The van der Waals surface area contributed by atoms with Gasteiger partial charge >= 0.3 is 0 Å². The van der Waals surface area contributed by atoms with Crippen LogP contribution < -0.4 is 15.6 Å². The molecule has 0 saturated carbocycles. The molecule has 2 aromatic heterocycles. The molecule has 1 aromatic carbocycles. The number of thioether (sulfide) groups is 1. The molecule has 3 heterocycles. The van der Waals surface area contributed by atoms with E-state index in [2.05, 4.69) is 10.3 Å². The van der Waals surface area contributed by atoms with Gasteiger partial charge in [-0.05, 0) is 42.3 Å². The van der Waals surface area contributed by atoms with Crippen LogP contribution in [-0.4, -0.2) is 58.4 Å². The van der Waals surface area contributed by atoms with E-state index in [9.17, 15) is 9.59 Å². The van der Waals surface area contributed by atoms with Crippen molar-refractivity contribution in [1.82, 2.24) is 14.3 Å². The number of aromatic nitrogens is 2. The number of methoxy groups -OCH3 is 2. The predicted octanol–water partition coefficient (Wildman–Crippen LogP) is 3.21. The van der Waals surface area contributed by atoms with E-state index in [1.165, 1.54) is 16.2 Å². The Morgan fingerprint density at radius 1 is 1.15 bits per heavy atom. The smallest absolute Gasteiger partial charge is 0.267 e. The van der Waals surface area contributed by atoms with Crippen LogP contribution in [0.1, 0.15) is 11.1 Å². The van der Waals surface area contributed by atoms with Crippen LogP contribution in [0.5, 0.6) is 5.75 Å². The van der Waals surface area contributed by atoms with Crippen LogP contribution in [0, 0.1) is 0 Å². The highest BCUT2D eigenvalue weighted by molar-refractivity contribution is 8.26. The number of amides is 1. The first-order chi connectivity index (χ1) is 16.5. The molecule has 0 spiro atoms. The van der Waals surface area contributed by atoms with Gasteiger partial charge < -0.3 is 14.8 Å². The van der Waals surface area contributed by atoms with Crippen molar-refractivity contribution in [3.63, 3.8) is 0 Å². The van der Waals surface area contributed by atoms with Gasteiger partial charge in [0.25, 0.3) is 11.5 Å². The van der Waals surface area contributed by atoms with Crippen LogP contribution in [-0.2, 0) is 16.0 Å². The first-order valence-electron chi connectivity index (χ1n) is 10.6. The van der Waals surface area contributed by atoms with Gasteiger partial charge in [0.2, 0.25) is 0 Å². The predicted molar refractivity (Wildman–Crippen MR) is 138 cm³/mol. The Morgan fingerprint density at radius 3 is 2.68 bits per heavy atom. The fourth-order valence-corrected chi connectivity index (χ4v) is 4.79. The number of thiocarbonyl (C=S) groups is 1. The van der Waals surface area contributed by atoms with Crippen molar-refractivity contribution in [2.45, 2.75) is 6.42 Å². The number of carbonyl (C=O) groups excluding carboxylic acids is 1. The van der Waals surface area contributed by atoms with Gasteiger partial charge in [0.05, 0.1) is 24.2 Å². The lowest BCUT2D eigenvalue weighted by atomic mass is 10.1. The molecule has 3 aromatic rings. The zero-order chi connectivity index (χ0) is 24.1. The summed E-state index contributed by atoms with van der Waals surface area (Å²) in [4.78, 5) is 32.9. The van der Waals surface area contributed by atoms with Crippen LogP contribution in [0.3, 0.4) is 0 Å². The van der Waals surface area contributed by atoms with Crippen LogP contribution in [0.2, 0.25) is 0 Å². The maximum Gasteiger partial charge on any atom is 0.267 e. The Bertz CT molecular complexity index is 1300. The second kappa shape index (κ2) is 10.8. The molecule has 1 N–H and O–H groups in total. The topological polar surface area (TPSA) is 85.2 Å². The summed E-state index contributed by atoms with van der Waals surface area (Å²) in [5.74, 6) is 0.961. The molecule has 0 aliphatic carbocycles. The van der Waals surface area contributed by atoms with E-state index >= 15 is 0 Å². The summed E-state index contributed by atoms with van der Waals surface area (Å²) in [5.41, 5.74) is 1.61. The molecule has 34 heavy (non-hydrogen) atoms. The maximum absolute atomic E-state index is 13.2. The lowest BCUT2D eigenvalue weighted by molar-refractivity contribution is -0.122. The van der Waals surface area contributed by atoms with Crippen molar-refractivity contribution in [3.8, 4) is 5.75 Å². The normalized spacial score (nSPS) is 14.9. The van der Waals surface area contributed by atoms with Gasteiger partial charge in [-0.2, -0.15) is 0 Å². The molecule has 176 valence electrons. The third kappa shape index (κ3) is 5.14. The van der Waals surface area contributed by atoms with Crippen molar-refractivity contribution in [2.75, 3.05) is 39.2 Å². The number of nitrogens with one attached hydrogen (secondary N) is 1. The van der Waals surface area contributed by atoms with Gasteiger partial charge in [0, 0.05) is 26.4 Å². The van der Waals surface area contributed by atoms with E-state index in [-0.39, 0.29) is 11.5 Å². The number of rotatable bonds is 9. The van der Waals surface area contributed by atoms with Crippen molar-refractivity contribution in [1.29, 1.82) is 0 Å². The van der Waals surface area contributed by atoms with E-state index < -0.39 is 0 Å². The molecule has 0 atom stereocenters. The Morgan fingerprint density at radius 2 is 1.94 bits per heavy atom. The first kappa shape index (κ1) is 23.9. The Kier molecular flexibility index (Phi) is 7.61. The van der Waals surface area contributed by atoms with E-state index in [1.54, 1.807) is 43.5 Å². The molecule has 1 amide bonds. The third-order valence-electron chi connectivity index (χ3n) is 5.30. The van der Waals surface area contributed by atoms with Crippen LogP contribution in [0.15, 0.2) is 58.4 Å². The minimum Gasteiger partial charge on any atom is -0.497 e. The van der Waals surface area contributed by atoms with E-state index in [1.807, 2.05) is 30.3 Å². The van der Waals surface area contributed by atoms with E-state index in [4.69, 9.17) is 21.7 Å². The van der Waals surface area contributed by atoms with Crippen molar-refractivity contribution in [2.24, 2.45) is 0 Å². The van der Waals surface area contributed by atoms with Crippen LogP contribution >= 0.6 is 24.0 Å². The molecular formula is C24H24N4O4S2. The molecule has 1 aliphatic rings. The van der Waals surface area contributed by atoms with Gasteiger partial charge in [0.1, 0.15) is 21.5 Å². The first-order valence-corrected chi connectivity index (χ1v) is 11.9. The molecule has 4 rings (SSSR count). The molecule has 1 saturated heterocycles. The lowest BCUT2D eigenvalue weighted by Crippen LogP contribution is -2.30. The summed E-state index contributed by atoms with van der Waals surface area (Å²) in [6, 6.07) is 13.0. The van der Waals surface area contributed by atoms with Crippen molar-refractivity contribution < 1.29 is 14.3 Å². The number of anilines is 1. The van der Waals surface area contributed by atoms with Gasteiger partial charge in [-0.1, -0.05) is 42.2 Å². The second-order valence-corrected chi connectivity index (χ2v) is 9.13. The molecule has 1 aliphatic heterocycles. The van der Waals surface area contributed by atoms with Gasteiger partial charge in [-0.15, -0.1) is 0 Å². The monoisotopic (exact) mass is 496 g/mol. The zero-order valence-electron chi connectivity index (χ0n) is 18.8. The molecule has 0 bridgehead atoms. The van der Waals surface area contributed by atoms with Gasteiger partial charge in [-0.25, -0.2) is 4.98 Å². The highest BCUT2D eigenvalue weighted by atomic mass is 32.2. The Labute approximate surface area is 206 Å². The number of hydrogen-bond acceptors (Lipinski definition) is 8. The standard InChI is InChI=1S/C24H24N4O4S2/c1-31-14-11-25-21-18(22(29)27-12-4-3-5-20(27)26-21)15-19-23(30)28(24(33)34-19)13-10-16-6-8-17(32-2)9-7-16/h3-9,12,15,25H,10-11,13-14H2,1-2H3/b19-15-. The lowest BCUT2D eigenvalue weighted by Gasteiger charge is -2.14. The number of ether oxygens (including phenoxy) is 2. The fourth-order valence-electron chi connectivity index (χ4n) is 3.50. The summed E-state index contributed by atoms with van der Waals surface area (Å²) >= 11 is 6.66. The molecule has 0 unspecified atom stereocenters. The summed E-state index contributed by atoms with van der Waals surface area (Å²) in [5, 5.41) is 3.14. The summed E-state index contributed by atoms with van der Waals surface area (Å²) in [7, 11) is 3.22. The second-order valence-electron chi connectivity index (χ2n) is 7.46. The highest BCUT2D eigenvalue weighted by Gasteiger charge is 2.32. The number of hydrogen-bond donors (Lipinski definition) is 1. The Hall–Kier alpha value is -3.21. The SMILES string of the molecule is COCCNc1nc2ccccn2c(=O)c1/C=C1\SC(=S)N(CCc2ccc(OC)cc2)C1=O. The van der Waals surface area contributed by atoms with E-state index in [0.29, 0.717) is 52.4 Å². The fraction of sp³-hybridized carbons (Fsp3) is 0.250. The van der Waals surface area contributed by atoms with Crippen molar-refractivity contribution in [3.05, 3.63) is 75.0 Å². The summed E-state index contributed by atoms with van der Waals surface area (Å²) < 4.78 is 12.2. The highest BCUT2D eigenvalue weighted by Crippen LogP contribution is 2.33.